The number of carbonyl (C=O) groups is 6. The Morgan fingerprint density at radius 1 is 0.789 bits per heavy atom. The van der Waals surface area contributed by atoms with Crippen LogP contribution in [0.25, 0.3) is 0 Å². The van der Waals surface area contributed by atoms with Gasteiger partial charge in [0.25, 0.3) is 0 Å². The molecule has 0 saturated heterocycles. The van der Waals surface area contributed by atoms with Gasteiger partial charge in [-0.15, -0.1) is 0 Å². The van der Waals surface area contributed by atoms with E-state index in [1.807, 2.05) is 13.8 Å². The molecular formula is C25H37N5O8. The number of carboxylic acid groups (broad SMARTS) is 2. The number of nitrogens with two attached hydrogens (primary N) is 2. The SMILES string of the molecule is CC(C)CC(N)C(=O)NC(Cc1ccccc1)C(=O)NC(CCC(N)=O)C(=O)NC(CCC(=O)O)C(=O)O. The number of carboxylic acids is 2. The van der Waals surface area contributed by atoms with Crippen LogP contribution < -0.4 is 27.4 Å². The Balaban J connectivity index is 3.12. The van der Waals surface area contributed by atoms with Crippen molar-refractivity contribution in [3.8, 4) is 0 Å². The molecule has 9 N–H and O–H groups in total. The molecule has 0 aliphatic heterocycles. The summed E-state index contributed by atoms with van der Waals surface area (Å²) in [6.07, 6.45) is -1.03. The Bertz CT molecular complexity index is 985. The molecule has 1 aromatic rings. The van der Waals surface area contributed by atoms with Gasteiger partial charge in [-0.25, -0.2) is 4.79 Å². The Kier molecular flexibility index (Phi) is 13.5. The van der Waals surface area contributed by atoms with E-state index in [4.69, 9.17) is 16.6 Å². The van der Waals surface area contributed by atoms with E-state index in [-0.39, 0.29) is 25.2 Å². The summed E-state index contributed by atoms with van der Waals surface area (Å²) in [5, 5.41) is 25.5. The summed E-state index contributed by atoms with van der Waals surface area (Å²) < 4.78 is 0. The summed E-state index contributed by atoms with van der Waals surface area (Å²) in [6, 6.07) is 3.83. The standard InChI is InChI=1S/C25H37N5O8/c1-14(2)12-16(26)22(34)30-19(13-15-6-4-3-5-7-15)24(36)28-17(8-10-20(27)31)23(35)29-18(25(37)38)9-11-21(32)33/h3-7,14,16-19H,8-13,26H2,1-2H3,(H2,27,31)(H,28,36)(H,29,35)(H,30,34)(H,32,33)(H,37,38). The smallest absolute Gasteiger partial charge is 0.326 e. The summed E-state index contributed by atoms with van der Waals surface area (Å²) >= 11 is 0. The number of aliphatic carboxylic acids is 2. The summed E-state index contributed by atoms with van der Waals surface area (Å²) in [6.45, 7) is 3.79. The topological polar surface area (TPSA) is 231 Å². The molecule has 0 fully saturated rings. The molecule has 0 aromatic heterocycles. The Morgan fingerprint density at radius 2 is 1.32 bits per heavy atom. The van der Waals surface area contributed by atoms with E-state index < -0.39 is 72.6 Å². The number of nitrogens with one attached hydrogen (secondary N) is 3. The van der Waals surface area contributed by atoms with E-state index in [1.165, 1.54) is 0 Å². The van der Waals surface area contributed by atoms with Crippen LogP contribution in [0.3, 0.4) is 0 Å². The summed E-state index contributed by atoms with van der Waals surface area (Å²) in [5.41, 5.74) is 11.9. The minimum atomic E-state index is -1.54. The van der Waals surface area contributed by atoms with E-state index in [1.54, 1.807) is 30.3 Å². The number of hydrogen-bond donors (Lipinski definition) is 7. The van der Waals surface area contributed by atoms with Crippen molar-refractivity contribution in [1.82, 2.24) is 16.0 Å². The lowest BCUT2D eigenvalue weighted by Gasteiger charge is -2.25. The number of primary amides is 1. The van der Waals surface area contributed by atoms with E-state index in [0.29, 0.717) is 12.0 Å². The normalized spacial score (nSPS) is 14.0. The molecule has 13 nitrogen and oxygen atoms in total. The van der Waals surface area contributed by atoms with Gasteiger partial charge in [0, 0.05) is 19.3 Å². The van der Waals surface area contributed by atoms with Crippen LogP contribution in [0.5, 0.6) is 0 Å². The van der Waals surface area contributed by atoms with Crippen LogP contribution in [0.1, 0.15) is 51.5 Å². The number of rotatable bonds is 17. The van der Waals surface area contributed by atoms with Crippen molar-refractivity contribution in [3.63, 3.8) is 0 Å². The minimum Gasteiger partial charge on any atom is -0.481 e. The average Bonchev–Trinajstić information content (AvgIpc) is 2.83. The maximum Gasteiger partial charge on any atom is 0.326 e. The first-order valence-corrected chi connectivity index (χ1v) is 12.2. The van der Waals surface area contributed by atoms with Gasteiger partial charge >= 0.3 is 11.9 Å². The van der Waals surface area contributed by atoms with Crippen molar-refractivity contribution in [1.29, 1.82) is 0 Å². The van der Waals surface area contributed by atoms with Crippen molar-refractivity contribution in [3.05, 3.63) is 35.9 Å². The predicted molar refractivity (Wildman–Crippen MR) is 136 cm³/mol. The zero-order valence-corrected chi connectivity index (χ0v) is 21.5. The molecule has 4 amide bonds. The molecule has 0 bridgehead atoms. The molecule has 13 heteroatoms. The molecule has 0 aliphatic carbocycles. The molecular weight excluding hydrogens is 498 g/mol. The monoisotopic (exact) mass is 535 g/mol. The van der Waals surface area contributed by atoms with Gasteiger partial charge in [-0.2, -0.15) is 0 Å². The fourth-order valence-corrected chi connectivity index (χ4v) is 3.58. The van der Waals surface area contributed by atoms with Gasteiger partial charge in [-0.1, -0.05) is 44.2 Å². The van der Waals surface area contributed by atoms with E-state index in [0.717, 1.165) is 0 Å². The Morgan fingerprint density at radius 3 is 1.84 bits per heavy atom. The van der Waals surface area contributed by atoms with Gasteiger partial charge in [-0.05, 0) is 30.7 Å². The molecule has 0 aliphatic rings. The fraction of sp³-hybridized carbons (Fsp3) is 0.520. The molecule has 4 unspecified atom stereocenters. The van der Waals surface area contributed by atoms with Gasteiger partial charge in [-0.3, -0.25) is 24.0 Å². The van der Waals surface area contributed by atoms with Crippen molar-refractivity contribution in [2.75, 3.05) is 0 Å². The minimum absolute atomic E-state index is 0.0628. The molecule has 0 saturated carbocycles. The van der Waals surface area contributed by atoms with E-state index in [2.05, 4.69) is 16.0 Å². The first-order chi connectivity index (χ1) is 17.8. The first-order valence-electron chi connectivity index (χ1n) is 12.2. The van der Waals surface area contributed by atoms with Crippen LogP contribution >= 0.6 is 0 Å². The van der Waals surface area contributed by atoms with E-state index in [9.17, 15) is 33.9 Å². The summed E-state index contributed by atoms with van der Waals surface area (Å²) in [4.78, 5) is 72.5. The van der Waals surface area contributed by atoms with Crippen molar-refractivity contribution in [2.45, 2.75) is 76.5 Å². The van der Waals surface area contributed by atoms with Gasteiger partial charge < -0.3 is 37.6 Å². The quantitative estimate of drug-likeness (QED) is 0.133. The third-order valence-corrected chi connectivity index (χ3v) is 5.55. The van der Waals surface area contributed by atoms with Gasteiger partial charge in [0.2, 0.25) is 23.6 Å². The lowest BCUT2D eigenvalue weighted by Crippen LogP contribution is -2.57. The second kappa shape index (κ2) is 16.0. The lowest BCUT2D eigenvalue weighted by atomic mass is 10.0. The lowest BCUT2D eigenvalue weighted by molar-refractivity contribution is -0.143. The van der Waals surface area contributed by atoms with Crippen molar-refractivity contribution in [2.24, 2.45) is 17.4 Å². The number of hydrogen-bond acceptors (Lipinski definition) is 7. The molecule has 0 spiro atoms. The highest BCUT2D eigenvalue weighted by Crippen LogP contribution is 2.08. The van der Waals surface area contributed by atoms with Crippen LogP contribution in [0.2, 0.25) is 0 Å². The van der Waals surface area contributed by atoms with Gasteiger partial charge in [0.1, 0.15) is 18.1 Å². The van der Waals surface area contributed by atoms with Crippen LogP contribution in [-0.2, 0) is 35.2 Å². The Hall–Kier alpha value is -4.00. The largest absolute Gasteiger partial charge is 0.481 e. The van der Waals surface area contributed by atoms with Crippen LogP contribution in [0, 0.1) is 5.92 Å². The highest BCUT2D eigenvalue weighted by atomic mass is 16.4. The molecule has 0 heterocycles. The highest BCUT2D eigenvalue weighted by Gasteiger charge is 2.31. The molecule has 210 valence electrons. The average molecular weight is 536 g/mol. The van der Waals surface area contributed by atoms with Crippen LogP contribution in [0.4, 0.5) is 0 Å². The van der Waals surface area contributed by atoms with E-state index >= 15 is 0 Å². The van der Waals surface area contributed by atoms with Gasteiger partial charge in [0.05, 0.1) is 6.04 Å². The summed E-state index contributed by atoms with van der Waals surface area (Å²) in [5.74, 6) is -5.62. The number of carbonyl (C=O) groups excluding carboxylic acids is 4. The highest BCUT2D eigenvalue weighted by molar-refractivity contribution is 5.94. The van der Waals surface area contributed by atoms with Crippen molar-refractivity contribution < 1.29 is 39.0 Å². The maximum atomic E-state index is 13.3. The molecule has 38 heavy (non-hydrogen) atoms. The third kappa shape index (κ3) is 12.3. The summed E-state index contributed by atoms with van der Waals surface area (Å²) in [7, 11) is 0. The first kappa shape index (κ1) is 32.0. The van der Waals surface area contributed by atoms with Gasteiger partial charge in [0.15, 0.2) is 0 Å². The molecule has 0 radical (unpaired) electrons. The van der Waals surface area contributed by atoms with Crippen LogP contribution in [-0.4, -0.2) is 69.9 Å². The molecule has 4 atom stereocenters. The molecule has 1 rings (SSSR count). The second-order valence-corrected chi connectivity index (χ2v) is 9.38. The Labute approximate surface area is 220 Å². The second-order valence-electron chi connectivity index (χ2n) is 9.38. The predicted octanol–water partition coefficient (Wildman–Crippen LogP) is -0.728. The number of amides is 4. The maximum absolute atomic E-state index is 13.3. The number of benzene rings is 1. The van der Waals surface area contributed by atoms with Crippen molar-refractivity contribution >= 4 is 35.6 Å². The fourth-order valence-electron chi connectivity index (χ4n) is 3.58. The third-order valence-electron chi connectivity index (χ3n) is 5.55. The zero-order chi connectivity index (χ0) is 28.8. The van der Waals surface area contributed by atoms with Crippen LogP contribution in [0.15, 0.2) is 30.3 Å². The zero-order valence-electron chi connectivity index (χ0n) is 21.5. The molecule has 1 aromatic carbocycles.